The molecule has 0 aliphatic rings. The minimum atomic E-state index is -0.398. The van der Waals surface area contributed by atoms with Gasteiger partial charge in [-0.1, -0.05) is 0 Å². The number of carbonyl (C=O) groups excluding carboxylic acids is 1. The summed E-state index contributed by atoms with van der Waals surface area (Å²) in [5, 5.41) is 8.94. The van der Waals surface area contributed by atoms with E-state index in [4.69, 9.17) is 10.8 Å². The summed E-state index contributed by atoms with van der Waals surface area (Å²) in [6.07, 6.45) is 0.677. The van der Waals surface area contributed by atoms with E-state index in [1.54, 1.807) is 12.1 Å². The molecule has 0 aliphatic heterocycles. The van der Waals surface area contributed by atoms with Gasteiger partial charge in [0.25, 0.3) is 0 Å². The lowest BCUT2D eigenvalue weighted by atomic mass is 10.1. The van der Waals surface area contributed by atoms with Gasteiger partial charge in [-0.15, -0.1) is 0 Å². The number of esters is 1. The molecule has 0 amide bonds. The van der Waals surface area contributed by atoms with Gasteiger partial charge in [-0.05, 0) is 38.5 Å². The van der Waals surface area contributed by atoms with Gasteiger partial charge >= 0.3 is 5.97 Å². The van der Waals surface area contributed by atoms with Crippen LogP contribution in [0.15, 0.2) is 18.2 Å². The molecule has 0 spiro atoms. The van der Waals surface area contributed by atoms with Crippen LogP contribution < -0.4 is 10.6 Å². The van der Waals surface area contributed by atoms with Gasteiger partial charge in [0, 0.05) is 19.2 Å². The molecule has 0 aromatic heterocycles. The Bertz CT molecular complexity index is 433. The number of methoxy groups -OCH3 is 1. The smallest absolute Gasteiger partial charge is 0.337 e. The van der Waals surface area contributed by atoms with Crippen LogP contribution in [0.1, 0.15) is 30.6 Å². The monoisotopic (exact) mass is 266 g/mol. The van der Waals surface area contributed by atoms with Crippen LogP contribution in [0.4, 0.5) is 11.4 Å². The first-order valence-electron chi connectivity index (χ1n) is 6.36. The van der Waals surface area contributed by atoms with Crippen molar-refractivity contribution in [3.8, 4) is 0 Å². The molecule has 1 aromatic rings. The second kappa shape index (κ2) is 6.99. The predicted octanol–water partition coefficient (Wildman–Crippen LogP) is 1.65. The number of carbonyl (C=O) groups is 1. The summed E-state index contributed by atoms with van der Waals surface area (Å²) < 4.78 is 4.66. The van der Waals surface area contributed by atoms with Gasteiger partial charge in [0.2, 0.25) is 0 Å². The number of hydrogen-bond donors (Lipinski definition) is 2. The van der Waals surface area contributed by atoms with Crippen LogP contribution in [-0.4, -0.2) is 37.4 Å². The molecule has 5 heteroatoms. The summed E-state index contributed by atoms with van der Waals surface area (Å²) in [7, 11) is 1.34. The normalized spacial score (nSPS) is 10.6. The summed E-state index contributed by atoms with van der Waals surface area (Å²) in [4.78, 5) is 13.5. The highest BCUT2D eigenvalue weighted by molar-refractivity contribution is 5.92. The van der Waals surface area contributed by atoms with Gasteiger partial charge in [0.05, 0.1) is 24.0 Å². The maximum Gasteiger partial charge on any atom is 0.337 e. The molecule has 1 rings (SSSR count). The number of rotatable bonds is 6. The molecule has 0 saturated heterocycles. The summed E-state index contributed by atoms with van der Waals surface area (Å²) in [5.41, 5.74) is 7.86. The molecule has 0 fully saturated rings. The van der Waals surface area contributed by atoms with Crippen molar-refractivity contribution in [1.82, 2.24) is 0 Å². The molecule has 19 heavy (non-hydrogen) atoms. The number of ether oxygens (including phenoxy) is 1. The minimum absolute atomic E-state index is 0.142. The third-order valence-corrected chi connectivity index (χ3v) is 2.94. The van der Waals surface area contributed by atoms with Crippen LogP contribution in [0.25, 0.3) is 0 Å². The van der Waals surface area contributed by atoms with Crippen LogP contribution in [-0.2, 0) is 4.74 Å². The molecular weight excluding hydrogens is 244 g/mol. The Balaban J connectivity index is 3.01. The second-order valence-electron chi connectivity index (χ2n) is 4.63. The van der Waals surface area contributed by atoms with Crippen LogP contribution in [0.2, 0.25) is 0 Å². The van der Waals surface area contributed by atoms with Crippen molar-refractivity contribution in [2.45, 2.75) is 26.3 Å². The topological polar surface area (TPSA) is 75.8 Å². The highest BCUT2D eigenvalue weighted by atomic mass is 16.5. The third-order valence-electron chi connectivity index (χ3n) is 2.94. The van der Waals surface area contributed by atoms with E-state index in [-0.39, 0.29) is 12.6 Å². The highest BCUT2D eigenvalue weighted by Crippen LogP contribution is 2.26. The molecule has 1 aromatic carbocycles. The molecule has 5 nitrogen and oxygen atoms in total. The highest BCUT2D eigenvalue weighted by Gasteiger charge is 2.15. The fraction of sp³-hybridized carbons (Fsp3) is 0.500. The first kappa shape index (κ1) is 15.3. The summed E-state index contributed by atoms with van der Waals surface area (Å²) in [5.74, 6) is -0.398. The maximum absolute atomic E-state index is 11.4. The molecule has 0 aliphatic carbocycles. The average Bonchev–Trinajstić information content (AvgIpc) is 2.39. The van der Waals surface area contributed by atoms with Gasteiger partial charge in [-0.25, -0.2) is 4.79 Å². The standard InChI is InChI=1S/C14H22N2O3/c1-10(2)16(7-4-8-17)13-6-5-11(9-12(13)15)14(18)19-3/h5-6,9-10,17H,4,7-8,15H2,1-3H3. The Morgan fingerprint density at radius 2 is 2.16 bits per heavy atom. The number of nitrogens with zero attached hydrogens (tertiary/aromatic N) is 1. The Morgan fingerprint density at radius 3 is 2.63 bits per heavy atom. The van der Waals surface area contributed by atoms with Crippen molar-refractivity contribution in [2.24, 2.45) is 0 Å². The Kier molecular flexibility index (Phi) is 5.63. The number of benzene rings is 1. The van der Waals surface area contributed by atoms with Gasteiger partial charge < -0.3 is 20.5 Å². The van der Waals surface area contributed by atoms with Crippen LogP contribution in [0.5, 0.6) is 0 Å². The first-order valence-corrected chi connectivity index (χ1v) is 6.36. The fourth-order valence-electron chi connectivity index (χ4n) is 1.96. The quantitative estimate of drug-likeness (QED) is 0.605. The second-order valence-corrected chi connectivity index (χ2v) is 4.63. The largest absolute Gasteiger partial charge is 0.465 e. The maximum atomic E-state index is 11.4. The van der Waals surface area contributed by atoms with E-state index >= 15 is 0 Å². The molecule has 0 heterocycles. The van der Waals surface area contributed by atoms with Gasteiger partial charge in [-0.2, -0.15) is 0 Å². The zero-order chi connectivity index (χ0) is 14.4. The van der Waals surface area contributed by atoms with Crippen LogP contribution in [0.3, 0.4) is 0 Å². The molecular formula is C14H22N2O3. The molecule has 3 N–H and O–H groups in total. The molecule has 106 valence electrons. The van der Waals surface area contributed by atoms with Gasteiger partial charge in [0.15, 0.2) is 0 Å². The predicted molar refractivity (Wildman–Crippen MR) is 76.4 cm³/mol. The van der Waals surface area contributed by atoms with Crippen molar-refractivity contribution in [3.05, 3.63) is 23.8 Å². The van der Waals surface area contributed by atoms with Crippen LogP contribution in [0, 0.1) is 0 Å². The van der Waals surface area contributed by atoms with Crippen molar-refractivity contribution >= 4 is 17.3 Å². The minimum Gasteiger partial charge on any atom is -0.465 e. The van der Waals surface area contributed by atoms with Crippen LogP contribution >= 0.6 is 0 Å². The molecule has 0 unspecified atom stereocenters. The number of nitrogen functional groups attached to an aromatic ring is 1. The molecule has 0 bridgehead atoms. The van der Waals surface area contributed by atoms with E-state index in [1.807, 2.05) is 6.07 Å². The zero-order valence-electron chi connectivity index (χ0n) is 11.7. The summed E-state index contributed by atoms with van der Waals surface area (Å²) in [6.45, 7) is 4.98. The summed E-state index contributed by atoms with van der Waals surface area (Å²) in [6, 6.07) is 5.40. The molecule has 0 atom stereocenters. The Morgan fingerprint density at radius 1 is 1.47 bits per heavy atom. The molecule has 0 radical (unpaired) electrons. The van der Waals surface area contributed by atoms with Crippen molar-refractivity contribution in [3.63, 3.8) is 0 Å². The lowest BCUT2D eigenvalue weighted by molar-refractivity contribution is 0.0601. The summed E-state index contributed by atoms with van der Waals surface area (Å²) >= 11 is 0. The average molecular weight is 266 g/mol. The fourth-order valence-corrected chi connectivity index (χ4v) is 1.96. The third kappa shape index (κ3) is 3.86. The van der Waals surface area contributed by atoms with E-state index in [0.29, 0.717) is 17.7 Å². The number of hydrogen-bond acceptors (Lipinski definition) is 5. The van der Waals surface area contributed by atoms with E-state index in [9.17, 15) is 4.79 Å². The first-order chi connectivity index (χ1) is 9.01. The van der Waals surface area contributed by atoms with Crippen molar-refractivity contribution < 1.29 is 14.6 Å². The lowest BCUT2D eigenvalue weighted by Crippen LogP contribution is -2.32. The number of anilines is 2. The van der Waals surface area contributed by atoms with E-state index < -0.39 is 5.97 Å². The van der Waals surface area contributed by atoms with E-state index in [0.717, 1.165) is 12.2 Å². The van der Waals surface area contributed by atoms with Crippen molar-refractivity contribution in [2.75, 3.05) is 30.9 Å². The Labute approximate surface area is 114 Å². The Hall–Kier alpha value is -1.75. The number of nitrogens with two attached hydrogens (primary N) is 1. The SMILES string of the molecule is COC(=O)c1ccc(N(CCCO)C(C)C)c(N)c1. The van der Waals surface area contributed by atoms with Gasteiger partial charge in [0.1, 0.15) is 0 Å². The van der Waals surface area contributed by atoms with E-state index in [1.165, 1.54) is 7.11 Å². The lowest BCUT2D eigenvalue weighted by Gasteiger charge is -2.30. The van der Waals surface area contributed by atoms with Gasteiger partial charge in [-0.3, -0.25) is 0 Å². The zero-order valence-corrected chi connectivity index (χ0v) is 11.7. The molecule has 0 saturated carbocycles. The van der Waals surface area contributed by atoms with Crippen molar-refractivity contribution in [1.29, 1.82) is 0 Å². The van der Waals surface area contributed by atoms with E-state index in [2.05, 4.69) is 23.5 Å². The number of aliphatic hydroxyl groups is 1. The number of aliphatic hydroxyl groups excluding tert-OH is 1.